The quantitative estimate of drug-likeness (QED) is 0.112. The minimum atomic E-state index is -2.77. The van der Waals surface area contributed by atoms with Crippen LogP contribution in [0.5, 0.6) is 40.2 Å². The van der Waals surface area contributed by atoms with Crippen LogP contribution >= 0.6 is 0 Å². The molecule has 8 atom stereocenters. The van der Waals surface area contributed by atoms with Crippen molar-refractivity contribution >= 4 is 0 Å². The number of phenolic OH excluding ortho intramolecular Hbond substituents is 6. The van der Waals surface area contributed by atoms with Crippen molar-refractivity contribution in [1.82, 2.24) is 0 Å². The predicted molar refractivity (Wildman–Crippen MR) is 227 cm³/mol. The molecule has 0 spiro atoms. The van der Waals surface area contributed by atoms with Gasteiger partial charge in [0.25, 0.3) is 0 Å². The lowest BCUT2D eigenvalue weighted by Crippen LogP contribution is -2.65. The third kappa shape index (κ3) is 6.24. The van der Waals surface area contributed by atoms with Crippen molar-refractivity contribution in [3.8, 4) is 40.2 Å². The maximum atomic E-state index is 13.6. The molecule has 0 saturated carbocycles. The zero-order chi connectivity index (χ0) is 46.9. The molecule has 3 heterocycles. The molecule has 65 heavy (non-hydrogen) atoms. The summed E-state index contributed by atoms with van der Waals surface area (Å²) < 4.78 is 18.9. The highest BCUT2D eigenvalue weighted by atomic mass is 16.5. The van der Waals surface area contributed by atoms with Crippen molar-refractivity contribution in [2.75, 3.05) is 0 Å². The van der Waals surface area contributed by atoms with E-state index in [1.165, 1.54) is 48.6 Å². The number of aromatic hydroxyl groups is 6. The van der Waals surface area contributed by atoms with Crippen LogP contribution in [0.3, 0.4) is 0 Å². The minimum Gasteiger partial charge on any atom is -0.512 e. The van der Waals surface area contributed by atoms with E-state index in [9.17, 15) is 71.5 Å². The first kappa shape index (κ1) is 43.2. The summed E-state index contributed by atoms with van der Waals surface area (Å²) in [6.07, 6.45) is -1.34. The molecule has 17 heteroatoms. The van der Waals surface area contributed by atoms with Gasteiger partial charge in [-0.25, -0.2) is 0 Å². The summed E-state index contributed by atoms with van der Waals surface area (Å²) in [7, 11) is 0. The molecule has 0 bridgehead atoms. The van der Waals surface area contributed by atoms with Gasteiger partial charge < -0.3 is 85.7 Å². The van der Waals surface area contributed by atoms with E-state index >= 15 is 0 Å². The Morgan fingerprint density at radius 2 is 1.34 bits per heavy atom. The summed E-state index contributed by atoms with van der Waals surface area (Å²) >= 11 is 0. The highest BCUT2D eigenvalue weighted by Crippen LogP contribution is 2.63. The molecule has 3 aliphatic heterocycles. The lowest BCUT2D eigenvalue weighted by molar-refractivity contribution is -0.172. The molecule has 17 nitrogen and oxygen atoms in total. The Hall–Kier alpha value is -7.08. The summed E-state index contributed by atoms with van der Waals surface area (Å²) in [4.78, 5) is 0. The molecule has 14 N–H and O–H groups in total. The van der Waals surface area contributed by atoms with Gasteiger partial charge in [0.1, 0.15) is 70.1 Å². The first-order valence-corrected chi connectivity index (χ1v) is 20.8. The molecule has 3 aliphatic carbocycles. The zero-order valence-corrected chi connectivity index (χ0v) is 35.1. The van der Waals surface area contributed by atoms with Crippen LogP contribution in [0.15, 0.2) is 130 Å². The van der Waals surface area contributed by atoms with Crippen LogP contribution in [0, 0.1) is 10.8 Å². The molecule has 9 rings (SSSR count). The van der Waals surface area contributed by atoms with Gasteiger partial charge in [-0.3, -0.25) is 0 Å². The van der Waals surface area contributed by atoms with Gasteiger partial charge >= 0.3 is 0 Å². The topological polar surface area (TPSA) is 311 Å². The molecule has 342 valence electrons. The lowest BCUT2D eigenvalue weighted by Gasteiger charge is -2.49. The predicted octanol–water partition coefficient (Wildman–Crippen LogP) is 6.85. The van der Waals surface area contributed by atoms with Gasteiger partial charge in [-0.15, -0.1) is 0 Å². The van der Waals surface area contributed by atoms with E-state index in [-0.39, 0.29) is 70.1 Å². The van der Waals surface area contributed by atoms with Crippen LogP contribution in [0.25, 0.3) is 0 Å². The average molecular weight is 897 g/mol. The Morgan fingerprint density at radius 1 is 0.692 bits per heavy atom. The third-order valence-electron chi connectivity index (χ3n) is 13.9. The van der Waals surface area contributed by atoms with E-state index in [1.807, 2.05) is 0 Å². The standard InChI is InChI=1S/C48H48O17/c1-45(2,41-39-30(55)14-22(49)15-37(39)64-43(42(41)60)21-5-8-26(51)29(54)13-21)40-31(56)16-24-35(17-32(40)57)65-44(46(3)11-10-27(52)33(58)19-46)48(24,62)47(61)23-6-9-34(63-36(23)18-38(47)59)20-4-7-25(50)28(53)12-20/h4-5,7-8,10-15,17-18,34,41-44,49-62H,6,9,16,19H2,1-3H3. The molecule has 3 aromatic carbocycles. The maximum Gasteiger partial charge on any atom is 0.183 e. The number of aliphatic hydroxyl groups excluding tert-OH is 6. The molecule has 0 radical (unpaired) electrons. The van der Waals surface area contributed by atoms with E-state index in [2.05, 4.69) is 0 Å². The second-order valence-electron chi connectivity index (χ2n) is 18.3. The molecular formula is C48H48O17. The second-order valence-corrected chi connectivity index (χ2v) is 18.3. The Bertz CT molecular complexity index is 2790. The Balaban J connectivity index is 1.17. The average Bonchev–Trinajstić information content (AvgIpc) is 3.61. The molecule has 3 aromatic rings. The molecule has 6 aliphatic rings. The number of ether oxygens (including phenoxy) is 3. The number of allylic oxidation sites excluding steroid dienone is 6. The van der Waals surface area contributed by atoms with E-state index in [0.29, 0.717) is 5.56 Å². The van der Waals surface area contributed by atoms with Gasteiger partial charge in [0, 0.05) is 76.2 Å². The van der Waals surface area contributed by atoms with Crippen LogP contribution in [0.1, 0.15) is 81.3 Å². The maximum absolute atomic E-state index is 13.6. The summed E-state index contributed by atoms with van der Waals surface area (Å²) in [5, 5.41) is 159. The minimum absolute atomic E-state index is 0.0125. The molecule has 0 saturated heterocycles. The van der Waals surface area contributed by atoms with Crippen molar-refractivity contribution in [2.45, 2.75) is 88.0 Å². The fourth-order valence-corrected chi connectivity index (χ4v) is 10.8. The Labute approximate surface area is 370 Å². The SMILES string of the molecule is CC1(C2OC3=C(CC(O)=C(C(C)(C)C4c5c(O)cc(O)cc5OC(c5ccc(O)c(O)c5)C4O)C(O)=C3)C2(O)C2(O)C(O)=CC3=C2CCC(c2ccc(O)c(O)c2)O3)C=CC(O)=C(O)C1. The molecular weight excluding hydrogens is 849 g/mol. The van der Waals surface area contributed by atoms with Crippen LogP contribution < -0.4 is 4.74 Å². The van der Waals surface area contributed by atoms with Gasteiger partial charge in [-0.05, 0) is 54.3 Å². The zero-order valence-electron chi connectivity index (χ0n) is 35.1. The van der Waals surface area contributed by atoms with Gasteiger partial charge in [0.2, 0.25) is 0 Å². The van der Waals surface area contributed by atoms with Gasteiger partial charge in [-0.1, -0.05) is 39.0 Å². The van der Waals surface area contributed by atoms with Gasteiger partial charge in [-0.2, -0.15) is 0 Å². The molecule has 0 aromatic heterocycles. The number of hydrogen-bond donors (Lipinski definition) is 14. The smallest absolute Gasteiger partial charge is 0.183 e. The Morgan fingerprint density at radius 3 is 2.00 bits per heavy atom. The van der Waals surface area contributed by atoms with E-state index < -0.39 is 116 Å². The van der Waals surface area contributed by atoms with Crippen molar-refractivity contribution in [3.63, 3.8) is 0 Å². The fourth-order valence-electron chi connectivity index (χ4n) is 10.8. The largest absolute Gasteiger partial charge is 0.512 e. The summed E-state index contributed by atoms with van der Waals surface area (Å²) in [5.41, 5.74) is -8.46. The van der Waals surface area contributed by atoms with Crippen molar-refractivity contribution < 1.29 is 85.7 Å². The number of rotatable bonds is 6. The van der Waals surface area contributed by atoms with Crippen molar-refractivity contribution in [2.24, 2.45) is 10.8 Å². The second kappa shape index (κ2) is 14.5. The fraction of sp³-hybridized carbons (Fsp3) is 0.333. The van der Waals surface area contributed by atoms with E-state index in [4.69, 9.17) is 14.2 Å². The van der Waals surface area contributed by atoms with Gasteiger partial charge in [0.05, 0.1) is 0 Å². The molecule has 8 unspecified atom stereocenters. The van der Waals surface area contributed by atoms with Crippen LogP contribution in [0.2, 0.25) is 0 Å². The number of benzene rings is 3. The highest BCUT2D eigenvalue weighted by Gasteiger charge is 2.71. The third-order valence-corrected chi connectivity index (χ3v) is 13.9. The molecule has 0 fully saturated rings. The van der Waals surface area contributed by atoms with Crippen LogP contribution in [-0.4, -0.2) is 94.9 Å². The molecule has 0 amide bonds. The Kier molecular flexibility index (Phi) is 9.61. The lowest BCUT2D eigenvalue weighted by atomic mass is 9.61. The van der Waals surface area contributed by atoms with Crippen LogP contribution in [-0.2, 0) is 9.47 Å². The number of phenols is 6. The van der Waals surface area contributed by atoms with E-state index in [0.717, 1.165) is 24.3 Å². The van der Waals surface area contributed by atoms with Crippen molar-refractivity contribution in [1.29, 1.82) is 0 Å². The summed E-state index contributed by atoms with van der Waals surface area (Å²) in [6, 6.07) is 10.1. The number of fused-ring (bicyclic) bond motifs is 1. The summed E-state index contributed by atoms with van der Waals surface area (Å²) in [6.45, 7) is 4.66. The highest BCUT2D eigenvalue weighted by molar-refractivity contribution is 5.61. The first-order valence-electron chi connectivity index (χ1n) is 20.8. The number of aliphatic hydroxyl groups is 8. The summed E-state index contributed by atoms with van der Waals surface area (Å²) in [5.74, 6) is -7.23. The van der Waals surface area contributed by atoms with E-state index in [1.54, 1.807) is 20.8 Å². The number of hydrogen-bond acceptors (Lipinski definition) is 17. The van der Waals surface area contributed by atoms with Crippen molar-refractivity contribution in [3.05, 3.63) is 147 Å². The monoisotopic (exact) mass is 896 g/mol. The van der Waals surface area contributed by atoms with Gasteiger partial charge in [0.15, 0.2) is 46.1 Å². The normalized spacial score (nSPS) is 31.0. The first-order chi connectivity index (χ1) is 30.5. The van der Waals surface area contributed by atoms with Crippen LogP contribution in [0.4, 0.5) is 0 Å².